The molecular formula is C24H50O4. The Labute approximate surface area is 174 Å². The van der Waals surface area contributed by atoms with Crippen molar-refractivity contribution in [2.24, 2.45) is 0 Å². The van der Waals surface area contributed by atoms with E-state index in [1.807, 2.05) is 6.92 Å². The highest BCUT2D eigenvalue weighted by molar-refractivity contribution is 4.92. The molecule has 0 aliphatic rings. The highest BCUT2D eigenvalue weighted by Crippen LogP contribution is 2.24. The van der Waals surface area contributed by atoms with Gasteiger partial charge in [-0.2, -0.15) is 0 Å². The molecule has 0 aliphatic carbocycles. The molecule has 0 radical (unpaired) electrons. The minimum Gasteiger partial charge on any atom is -0.393 e. The molecule has 28 heavy (non-hydrogen) atoms. The Morgan fingerprint density at radius 2 is 0.857 bits per heavy atom. The number of hydrogen-bond acceptors (Lipinski definition) is 4. The van der Waals surface area contributed by atoms with E-state index in [1.165, 1.54) is 70.6 Å². The normalized spacial score (nSPS) is 16.1. The van der Waals surface area contributed by atoms with Crippen molar-refractivity contribution < 1.29 is 20.4 Å². The molecule has 0 saturated carbocycles. The second kappa shape index (κ2) is 18.8. The predicted molar refractivity (Wildman–Crippen MR) is 119 cm³/mol. The van der Waals surface area contributed by atoms with Gasteiger partial charge in [0.05, 0.1) is 18.8 Å². The summed E-state index contributed by atoms with van der Waals surface area (Å²) in [6.07, 6.45) is 18.3. The Bertz CT molecular complexity index is 324. The van der Waals surface area contributed by atoms with Gasteiger partial charge in [0.15, 0.2) is 0 Å². The molecule has 0 amide bonds. The van der Waals surface area contributed by atoms with Crippen LogP contribution in [0.15, 0.2) is 0 Å². The smallest absolute Gasteiger partial charge is 0.139 e. The van der Waals surface area contributed by atoms with Crippen LogP contribution in [0.4, 0.5) is 0 Å². The van der Waals surface area contributed by atoms with E-state index in [0.29, 0.717) is 12.8 Å². The zero-order valence-electron chi connectivity index (χ0n) is 18.9. The van der Waals surface area contributed by atoms with Crippen molar-refractivity contribution >= 4 is 0 Å². The van der Waals surface area contributed by atoms with Gasteiger partial charge in [0.2, 0.25) is 0 Å². The Hall–Kier alpha value is -0.160. The third-order valence-corrected chi connectivity index (χ3v) is 6.07. The van der Waals surface area contributed by atoms with E-state index in [2.05, 4.69) is 6.92 Å². The van der Waals surface area contributed by atoms with E-state index in [9.17, 15) is 20.4 Å². The summed E-state index contributed by atoms with van der Waals surface area (Å²) < 4.78 is 0. The molecular weight excluding hydrogens is 352 g/mol. The molecule has 3 unspecified atom stereocenters. The predicted octanol–water partition coefficient (Wildman–Crippen LogP) is 5.49. The molecule has 0 saturated heterocycles. The molecule has 0 bridgehead atoms. The van der Waals surface area contributed by atoms with Crippen LogP contribution in [0.2, 0.25) is 0 Å². The third kappa shape index (κ3) is 13.1. The van der Waals surface area contributed by atoms with Crippen LogP contribution in [-0.4, -0.2) is 44.8 Å². The topological polar surface area (TPSA) is 80.9 Å². The number of hydrogen-bond donors (Lipinski definition) is 4. The van der Waals surface area contributed by atoms with Gasteiger partial charge in [-0.1, -0.05) is 117 Å². The molecule has 4 nitrogen and oxygen atoms in total. The molecule has 0 fully saturated rings. The molecule has 0 heterocycles. The Kier molecular flexibility index (Phi) is 18.7. The molecule has 4 N–H and O–H groups in total. The van der Waals surface area contributed by atoms with Gasteiger partial charge in [-0.15, -0.1) is 0 Å². The maximum atomic E-state index is 10.4. The van der Waals surface area contributed by atoms with Crippen molar-refractivity contribution in [3.63, 3.8) is 0 Å². The molecule has 0 aromatic heterocycles. The van der Waals surface area contributed by atoms with E-state index in [4.69, 9.17) is 0 Å². The summed E-state index contributed by atoms with van der Waals surface area (Å²) in [5.41, 5.74) is -1.79. The lowest BCUT2D eigenvalue weighted by Crippen LogP contribution is -2.55. The van der Waals surface area contributed by atoms with E-state index in [-0.39, 0.29) is 0 Å². The van der Waals surface area contributed by atoms with Gasteiger partial charge in [-0.3, -0.25) is 0 Å². The fourth-order valence-corrected chi connectivity index (χ4v) is 3.86. The van der Waals surface area contributed by atoms with Crippen LogP contribution in [0.25, 0.3) is 0 Å². The summed E-state index contributed by atoms with van der Waals surface area (Å²) in [6, 6.07) is 0. The fraction of sp³-hybridized carbons (Fsp3) is 1.00. The van der Waals surface area contributed by atoms with Gasteiger partial charge in [0.1, 0.15) is 5.60 Å². The van der Waals surface area contributed by atoms with Crippen molar-refractivity contribution in [2.75, 3.05) is 6.61 Å². The zero-order chi connectivity index (χ0) is 21.1. The van der Waals surface area contributed by atoms with Crippen LogP contribution in [0.5, 0.6) is 0 Å². The van der Waals surface area contributed by atoms with Crippen molar-refractivity contribution in [1.82, 2.24) is 0 Å². The lowest BCUT2D eigenvalue weighted by molar-refractivity contribution is -0.171. The summed E-state index contributed by atoms with van der Waals surface area (Å²) in [5, 5.41) is 40.3. The van der Waals surface area contributed by atoms with Crippen LogP contribution in [0.1, 0.15) is 129 Å². The first-order chi connectivity index (χ1) is 13.5. The van der Waals surface area contributed by atoms with Crippen LogP contribution >= 0.6 is 0 Å². The Morgan fingerprint density at radius 3 is 1.21 bits per heavy atom. The number of rotatable bonds is 21. The van der Waals surface area contributed by atoms with Gasteiger partial charge in [-0.05, 0) is 12.8 Å². The summed E-state index contributed by atoms with van der Waals surface area (Å²) in [5.74, 6) is 0. The maximum absolute atomic E-state index is 10.4. The lowest BCUT2D eigenvalue weighted by Gasteiger charge is -2.35. The standard InChI is InChI=1S/C24H50O4/c1-3-5-7-8-9-10-11-12-13-14-15-16-17-18-20-23(27)24(28,21-25)22(26)19-6-4-2/h22-23,25-28H,3-21H2,1-2H3. The first-order valence-electron chi connectivity index (χ1n) is 12.2. The molecule has 170 valence electrons. The molecule has 0 spiro atoms. The average molecular weight is 403 g/mol. The highest BCUT2D eigenvalue weighted by atomic mass is 16.4. The van der Waals surface area contributed by atoms with Crippen molar-refractivity contribution in [3.05, 3.63) is 0 Å². The quantitative estimate of drug-likeness (QED) is 0.191. The summed E-state index contributed by atoms with van der Waals surface area (Å²) in [7, 11) is 0. The second-order valence-electron chi connectivity index (χ2n) is 8.71. The molecule has 0 aliphatic heterocycles. The molecule has 4 heteroatoms. The highest BCUT2D eigenvalue weighted by Gasteiger charge is 2.41. The molecule has 3 atom stereocenters. The Morgan fingerprint density at radius 1 is 0.536 bits per heavy atom. The molecule has 0 rings (SSSR count). The van der Waals surface area contributed by atoms with Crippen molar-refractivity contribution in [3.8, 4) is 0 Å². The average Bonchev–Trinajstić information content (AvgIpc) is 2.71. The van der Waals surface area contributed by atoms with Gasteiger partial charge in [-0.25, -0.2) is 0 Å². The molecule has 0 aromatic rings. The van der Waals surface area contributed by atoms with Crippen molar-refractivity contribution in [2.45, 2.75) is 147 Å². The summed E-state index contributed by atoms with van der Waals surface area (Å²) in [6.45, 7) is 3.67. The van der Waals surface area contributed by atoms with E-state index < -0.39 is 24.4 Å². The van der Waals surface area contributed by atoms with Crippen LogP contribution < -0.4 is 0 Å². The van der Waals surface area contributed by atoms with E-state index in [0.717, 1.165) is 32.1 Å². The van der Waals surface area contributed by atoms with Gasteiger partial charge in [0.25, 0.3) is 0 Å². The monoisotopic (exact) mass is 402 g/mol. The fourth-order valence-electron chi connectivity index (χ4n) is 3.86. The number of aliphatic hydroxyl groups excluding tert-OH is 3. The zero-order valence-corrected chi connectivity index (χ0v) is 18.9. The van der Waals surface area contributed by atoms with Gasteiger partial charge < -0.3 is 20.4 Å². The lowest BCUT2D eigenvalue weighted by atomic mass is 9.85. The summed E-state index contributed by atoms with van der Waals surface area (Å²) in [4.78, 5) is 0. The summed E-state index contributed by atoms with van der Waals surface area (Å²) >= 11 is 0. The SMILES string of the molecule is CCCCCCCCCCCCCCCCC(O)C(O)(CO)C(O)CCCC. The van der Waals surface area contributed by atoms with E-state index >= 15 is 0 Å². The maximum Gasteiger partial charge on any atom is 0.139 e. The number of aliphatic hydroxyl groups is 4. The second-order valence-corrected chi connectivity index (χ2v) is 8.71. The third-order valence-electron chi connectivity index (χ3n) is 6.07. The molecule has 0 aromatic carbocycles. The van der Waals surface area contributed by atoms with Crippen LogP contribution in [0, 0.1) is 0 Å². The van der Waals surface area contributed by atoms with Crippen LogP contribution in [-0.2, 0) is 0 Å². The van der Waals surface area contributed by atoms with Crippen molar-refractivity contribution in [1.29, 1.82) is 0 Å². The minimum absolute atomic E-state index is 0.406. The Balaban J connectivity index is 3.61. The first-order valence-corrected chi connectivity index (χ1v) is 12.2. The first kappa shape index (κ1) is 27.8. The minimum atomic E-state index is -1.79. The largest absolute Gasteiger partial charge is 0.393 e. The van der Waals surface area contributed by atoms with E-state index in [1.54, 1.807) is 0 Å². The van der Waals surface area contributed by atoms with Gasteiger partial charge >= 0.3 is 0 Å². The number of unbranched alkanes of at least 4 members (excludes halogenated alkanes) is 14. The van der Waals surface area contributed by atoms with Crippen LogP contribution in [0.3, 0.4) is 0 Å². The van der Waals surface area contributed by atoms with Gasteiger partial charge in [0, 0.05) is 0 Å².